The van der Waals surface area contributed by atoms with Gasteiger partial charge in [0.2, 0.25) is 0 Å². The summed E-state index contributed by atoms with van der Waals surface area (Å²) in [6.45, 7) is 6.36. The van der Waals surface area contributed by atoms with Crippen molar-refractivity contribution in [3.8, 4) is 0 Å². The maximum absolute atomic E-state index is 12.4. The predicted molar refractivity (Wildman–Crippen MR) is 99.6 cm³/mol. The number of piperidine rings is 1. The van der Waals surface area contributed by atoms with Gasteiger partial charge in [-0.05, 0) is 38.8 Å². The average molecular weight is 359 g/mol. The van der Waals surface area contributed by atoms with Crippen LogP contribution in [0.2, 0.25) is 0 Å². The monoisotopic (exact) mass is 359 g/mol. The van der Waals surface area contributed by atoms with Gasteiger partial charge in [-0.1, -0.05) is 17.7 Å². The molecule has 0 bridgehead atoms. The number of carbonyl (C=O) groups is 1. The van der Waals surface area contributed by atoms with Crippen LogP contribution in [0.4, 0.5) is 4.79 Å². The van der Waals surface area contributed by atoms with Crippen molar-refractivity contribution in [3.05, 3.63) is 42.5 Å². The van der Waals surface area contributed by atoms with Crippen molar-refractivity contribution in [2.75, 3.05) is 13.1 Å². The van der Waals surface area contributed by atoms with E-state index in [9.17, 15) is 4.79 Å². The van der Waals surface area contributed by atoms with Crippen LogP contribution in [0.15, 0.2) is 41.8 Å². The second-order valence-corrected chi connectivity index (χ2v) is 7.96. The molecule has 0 radical (unpaired) electrons. The van der Waals surface area contributed by atoms with Gasteiger partial charge in [0, 0.05) is 29.3 Å². The lowest BCUT2D eigenvalue weighted by Crippen LogP contribution is -2.48. The summed E-state index contributed by atoms with van der Waals surface area (Å²) in [5, 5.41) is 7.70. The molecule has 0 saturated carbocycles. The average Bonchev–Trinajstić information content (AvgIpc) is 3.08. The van der Waals surface area contributed by atoms with Crippen molar-refractivity contribution in [3.63, 3.8) is 0 Å². The molecule has 0 aliphatic carbocycles. The van der Waals surface area contributed by atoms with Crippen LogP contribution in [-0.4, -0.2) is 50.1 Å². The lowest BCUT2D eigenvalue weighted by molar-refractivity contribution is 0.183. The lowest BCUT2D eigenvalue weighted by atomic mass is 10.1. The summed E-state index contributed by atoms with van der Waals surface area (Å²) in [5.41, 5.74) is 1.29. The molecule has 134 valence electrons. The van der Waals surface area contributed by atoms with E-state index in [0.29, 0.717) is 11.8 Å². The molecule has 1 atom stereocenters. The fraction of sp³-hybridized carbons (Fsp3) is 0.500. The molecule has 25 heavy (non-hydrogen) atoms. The van der Waals surface area contributed by atoms with Crippen LogP contribution in [0.5, 0.6) is 0 Å². The Morgan fingerprint density at radius 3 is 2.88 bits per heavy atom. The number of carbonyl (C=O) groups excluding carboxylic acids is 1. The minimum Gasteiger partial charge on any atom is -0.334 e. The van der Waals surface area contributed by atoms with Gasteiger partial charge >= 0.3 is 6.03 Å². The van der Waals surface area contributed by atoms with E-state index in [1.165, 1.54) is 16.8 Å². The number of aromatic nitrogens is 3. The molecule has 2 amide bonds. The van der Waals surface area contributed by atoms with Crippen molar-refractivity contribution in [1.29, 1.82) is 0 Å². The quantitative estimate of drug-likeness (QED) is 0.891. The third-order valence-electron chi connectivity index (χ3n) is 4.32. The molecule has 0 unspecified atom stereocenters. The van der Waals surface area contributed by atoms with Gasteiger partial charge in [0.05, 0.1) is 6.54 Å². The molecule has 0 spiro atoms. The van der Waals surface area contributed by atoms with Gasteiger partial charge in [0.15, 0.2) is 0 Å². The zero-order valence-electron chi connectivity index (χ0n) is 14.8. The summed E-state index contributed by atoms with van der Waals surface area (Å²) in [6.07, 6.45) is 5.23. The van der Waals surface area contributed by atoms with Gasteiger partial charge in [-0.3, -0.25) is 4.68 Å². The Morgan fingerprint density at radius 1 is 1.40 bits per heavy atom. The van der Waals surface area contributed by atoms with Crippen LogP contribution >= 0.6 is 11.8 Å². The fourth-order valence-electron chi connectivity index (χ4n) is 3.01. The highest BCUT2D eigenvalue weighted by Gasteiger charge is 2.24. The number of hydrogen-bond acceptors (Lipinski definition) is 4. The number of aryl methyl sites for hydroxylation is 1. The first-order chi connectivity index (χ1) is 12.1. The molecule has 1 fully saturated rings. The third-order valence-corrected chi connectivity index (χ3v) is 5.65. The van der Waals surface area contributed by atoms with Crippen LogP contribution in [0.1, 0.15) is 25.3 Å². The Morgan fingerprint density at radius 2 is 2.20 bits per heavy atom. The Bertz CT molecular complexity index is 683. The van der Waals surface area contributed by atoms with Gasteiger partial charge in [-0.2, -0.15) is 5.10 Å². The molecule has 1 aromatic heterocycles. The molecule has 1 aliphatic rings. The first-order valence-corrected chi connectivity index (χ1v) is 9.59. The second-order valence-electron chi connectivity index (χ2n) is 6.59. The number of thioether (sulfide) groups is 1. The molecule has 7 heteroatoms. The van der Waals surface area contributed by atoms with E-state index in [4.69, 9.17) is 0 Å². The summed E-state index contributed by atoms with van der Waals surface area (Å²) in [5.74, 6) is 0. The Labute approximate surface area is 153 Å². The third kappa shape index (κ3) is 5.22. The molecule has 1 aliphatic heterocycles. The molecule has 2 aromatic rings. The van der Waals surface area contributed by atoms with Gasteiger partial charge in [-0.25, -0.2) is 9.78 Å². The van der Waals surface area contributed by atoms with E-state index in [2.05, 4.69) is 46.6 Å². The highest BCUT2D eigenvalue weighted by atomic mass is 32.2. The summed E-state index contributed by atoms with van der Waals surface area (Å²) < 4.78 is 1.73. The molecule has 1 N–H and O–H groups in total. The summed E-state index contributed by atoms with van der Waals surface area (Å²) in [4.78, 5) is 19.6. The summed E-state index contributed by atoms with van der Waals surface area (Å²) in [7, 11) is 0. The Balaban J connectivity index is 1.42. The van der Waals surface area contributed by atoms with E-state index in [0.717, 1.165) is 25.9 Å². The fourth-order valence-corrected chi connectivity index (χ4v) is 4.26. The summed E-state index contributed by atoms with van der Waals surface area (Å²) in [6, 6.07) is 8.67. The first kappa shape index (κ1) is 17.8. The van der Waals surface area contributed by atoms with Crippen LogP contribution in [0, 0.1) is 6.92 Å². The number of rotatable bonds is 5. The van der Waals surface area contributed by atoms with E-state index < -0.39 is 0 Å². The molecule has 6 nitrogen and oxygen atoms in total. The standard InChI is InChI=1S/C18H25N5OS/c1-14-4-3-5-17(10-14)25-16-6-8-22(9-7-16)18(24)21-15(2)11-23-13-19-12-20-23/h3-5,10,12-13,15-16H,6-9,11H2,1-2H3,(H,21,24)/t15-/m0/s1. The minimum atomic E-state index is 0.0200. The largest absolute Gasteiger partial charge is 0.334 e. The topological polar surface area (TPSA) is 63.1 Å². The molecular weight excluding hydrogens is 334 g/mol. The maximum atomic E-state index is 12.4. The normalized spacial score (nSPS) is 16.6. The molecule has 3 rings (SSSR count). The molecular formula is C18H25N5OS. The van der Waals surface area contributed by atoms with E-state index in [1.807, 2.05) is 23.6 Å². The van der Waals surface area contributed by atoms with Gasteiger partial charge in [0.1, 0.15) is 12.7 Å². The van der Waals surface area contributed by atoms with Crippen LogP contribution < -0.4 is 5.32 Å². The Kier molecular flexibility index (Phi) is 5.96. The van der Waals surface area contributed by atoms with Crippen molar-refractivity contribution >= 4 is 17.8 Å². The number of benzene rings is 1. The van der Waals surface area contributed by atoms with Gasteiger partial charge in [0.25, 0.3) is 0 Å². The van der Waals surface area contributed by atoms with Crippen molar-refractivity contribution in [1.82, 2.24) is 25.0 Å². The number of amides is 2. The SMILES string of the molecule is Cc1cccc(SC2CCN(C(=O)N[C@@H](C)Cn3cncn3)CC2)c1. The second kappa shape index (κ2) is 8.38. The first-order valence-electron chi connectivity index (χ1n) is 8.71. The lowest BCUT2D eigenvalue weighted by Gasteiger charge is -2.32. The van der Waals surface area contributed by atoms with E-state index in [1.54, 1.807) is 11.0 Å². The smallest absolute Gasteiger partial charge is 0.317 e. The zero-order valence-corrected chi connectivity index (χ0v) is 15.6. The molecule has 2 heterocycles. The van der Waals surface area contributed by atoms with Crippen molar-refractivity contribution in [2.24, 2.45) is 0 Å². The predicted octanol–water partition coefficient (Wildman–Crippen LogP) is 2.94. The van der Waals surface area contributed by atoms with Crippen molar-refractivity contribution in [2.45, 2.75) is 49.4 Å². The van der Waals surface area contributed by atoms with Crippen LogP contribution in [-0.2, 0) is 6.54 Å². The van der Waals surface area contributed by atoms with E-state index >= 15 is 0 Å². The van der Waals surface area contributed by atoms with E-state index in [-0.39, 0.29) is 12.1 Å². The molecule has 1 saturated heterocycles. The molecule has 1 aromatic carbocycles. The van der Waals surface area contributed by atoms with Crippen LogP contribution in [0.25, 0.3) is 0 Å². The number of urea groups is 1. The Hall–Kier alpha value is -2.02. The zero-order chi connectivity index (χ0) is 17.6. The highest BCUT2D eigenvalue weighted by molar-refractivity contribution is 8.00. The van der Waals surface area contributed by atoms with Gasteiger partial charge < -0.3 is 10.2 Å². The number of likely N-dealkylation sites (tertiary alicyclic amines) is 1. The van der Waals surface area contributed by atoms with Crippen LogP contribution in [0.3, 0.4) is 0 Å². The van der Waals surface area contributed by atoms with Gasteiger partial charge in [-0.15, -0.1) is 11.8 Å². The number of nitrogens with zero attached hydrogens (tertiary/aromatic N) is 4. The number of hydrogen-bond donors (Lipinski definition) is 1. The van der Waals surface area contributed by atoms with Crippen molar-refractivity contribution < 1.29 is 4.79 Å². The highest BCUT2D eigenvalue weighted by Crippen LogP contribution is 2.30. The maximum Gasteiger partial charge on any atom is 0.317 e. The summed E-state index contributed by atoms with van der Waals surface area (Å²) >= 11 is 1.93. The number of nitrogens with one attached hydrogen (secondary N) is 1. The minimum absolute atomic E-state index is 0.0200.